The van der Waals surface area contributed by atoms with E-state index in [1.807, 2.05) is 0 Å². The number of piperidine rings is 1. The lowest BCUT2D eigenvalue weighted by Crippen LogP contribution is -2.39. The predicted octanol–water partition coefficient (Wildman–Crippen LogP) is 3.35. The molecular weight excluding hydrogens is 343 g/mol. The van der Waals surface area contributed by atoms with E-state index in [9.17, 15) is 9.18 Å². The van der Waals surface area contributed by atoms with Crippen molar-refractivity contribution in [3.8, 4) is 11.4 Å². The predicted molar refractivity (Wildman–Crippen MR) is 89.7 cm³/mol. The number of thiazole rings is 1. The maximum Gasteiger partial charge on any atom is 0.282 e. The van der Waals surface area contributed by atoms with Gasteiger partial charge in [-0.3, -0.25) is 4.79 Å². The summed E-state index contributed by atoms with van der Waals surface area (Å²) in [5.74, 6) is 0.572. The van der Waals surface area contributed by atoms with Crippen LogP contribution in [0.15, 0.2) is 40.4 Å². The van der Waals surface area contributed by atoms with Crippen molar-refractivity contribution in [2.75, 3.05) is 13.1 Å². The molecule has 4 rings (SSSR count). The Morgan fingerprint density at radius 2 is 2.16 bits per heavy atom. The maximum absolute atomic E-state index is 13.0. The van der Waals surface area contributed by atoms with Gasteiger partial charge in [-0.05, 0) is 37.1 Å². The summed E-state index contributed by atoms with van der Waals surface area (Å²) in [6, 6.07) is 5.95. The van der Waals surface area contributed by atoms with Crippen molar-refractivity contribution in [1.29, 1.82) is 0 Å². The summed E-state index contributed by atoms with van der Waals surface area (Å²) < 4.78 is 18.4. The Morgan fingerprint density at radius 3 is 2.92 bits per heavy atom. The van der Waals surface area contributed by atoms with Gasteiger partial charge in [0.05, 0.1) is 5.92 Å². The first-order chi connectivity index (χ1) is 12.2. The quantitative estimate of drug-likeness (QED) is 0.718. The van der Waals surface area contributed by atoms with Crippen LogP contribution in [-0.2, 0) is 0 Å². The van der Waals surface area contributed by atoms with Crippen LogP contribution in [0.1, 0.15) is 34.5 Å². The Labute approximate surface area is 147 Å². The molecule has 0 aliphatic carbocycles. The number of likely N-dealkylation sites (tertiary alicyclic amines) is 1. The first-order valence-electron chi connectivity index (χ1n) is 7.99. The van der Waals surface area contributed by atoms with Crippen LogP contribution in [0.2, 0.25) is 0 Å². The number of halogens is 1. The molecule has 3 heterocycles. The molecule has 1 aromatic carbocycles. The number of carbonyl (C=O) groups excluding carboxylic acids is 1. The Bertz CT molecular complexity index is 863. The smallest absolute Gasteiger partial charge is 0.282 e. The van der Waals surface area contributed by atoms with E-state index in [4.69, 9.17) is 4.52 Å². The van der Waals surface area contributed by atoms with Crippen molar-refractivity contribution >= 4 is 17.2 Å². The van der Waals surface area contributed by atoms with Crippen LogP contribution >= 0.6 is 11.3 Å². The average Bonchev–Trinajstić information content (AvgIpc) is 3.34. The van der Waals surface area contributed by atoms with Crippen molar-refractivity contribution in [1.82, 2.24) is 20.0 Å². The zero-order chi connectivity index (χ0) is 17.2. The third kappa shape index (κ3) is 3.30. The fourth-order valence-corrected chi connectivity index (χ4v) is 3.55. The minimum atomic E-state index is -0.309. The van der Waals surface area contributed by atoms with E-state index in [2.05, 4.69) is 15.1 Å². The molecule has 3 aromatic rings. The molecule has 8 heteroatoms. The molecule has 1 aliphatic rings. The summed E-state index contributed by atoms with van der Waals surface area (Å²) in [5.41, 5.74) is 0.697. The third-order valence-corrected chi connectivity index (χ3v) is 4.98. The Kier molecular flexibility index (Phi) is 4.27. The molecule has 1 atom stereocenters. The molecule has 25 heavy (non-hydrogen) atoms. The molecule has 0 radical (unpaired) electrons. The van der Waals surface area contributed by atoms with Gasteiger partial charge in [0.15, 0.2) is 5.01 Å². The summed E-state index contributed by atoms with van der Waals surface area (Å²) in [6.45, 7) is 1.23. The van der Waals surface area contributed by atoms with E-state index in [-0.39, 0.29) is 17.6 Å². The molecule has 1 unspecified atom stereocenters. The molecule has 0 saturated carbocycles. The Hall–Kier alpha value is -2.61. The number of hydrogen-bond acceptors (Lipinski definition) is 6. The van der Waals surface area contributed by atoms with Crippen molar-refractivity contribution in [3.63, 3.8) is 0 Å². The van der Waals surface area contributed by atoms with Gasteiger partial charge in [0.1, 0.15) is 5.82 Å². The summed E-state index contributed by atoms with van der Waals surface area (Å²) >= 11 is 1.34. The van der Waals surface area contributed by atoms with Crippen LogP contribution in [0, 0.1) is 5.82 Å². The van der Waals surface area contributed by atoms with E-state index in [0.717, 1.165) is 12.8 Å². The Balaban J connectivity index is 1.50. The second-order valence-electron chi connectivity index (χ2n) is 5.89. The van der Waals surface area contributed by atoms with Gasteiger partial charge < -0.3 is 9.42 Å². The second kappa shape index (κ2) is 6.72. The summed E-state index contributed by atoms with van der Waals surface area (Å²) in [4.78, 5) is 22.8. The van der Waals surface area contributed by atoms with Crippen LogP contribution in [0.25, 0.3) is 11.4 Å². The van der Waals surface area contributed by atoms with Gasteiger partial charge in [0, 0.05) is 30.2 Å². The maximum atomic E-state index is 13.0. The normalized spacial score (nSPS) is 17.6. The lowest BCUT2D eigenvalue weighted by Gasteiger charge is -2.30. The average molecular weight is 358 g/mol. The lowest BCUT2D eigenvalue weighted by molar-refractivity contribution is 0.0695. The number of rotatable bonds is 3. The fraction of sp³-hybridized carbons (Fsp3) is 0.294. The van der Waals surface area contributed by atoms with Gasteiger partial charge >= 0.3 is 0 Å². The number of carbonyl (C=O) groups is 1. The first-order valence-corrected chi connectivity index (χ1v) is 8.87. The standard InChI is InChI=1S/C17H15FN4O2S/c18-13-5-3-11(4-6-13)14-20-15(24-21-14)12-2-1-8-22(10-12)17(23)16-19-7-9-25-16/h3-7,9,12H,1-2,8,10H2. The summed E-state index contributed by atoms with van der Waals surface area (Å²) in [5, 5.41) is 6.28. The number of nitrogens with zero attached hydrogens (tertiary/aromatic N) is 4. The molecule has 2 aromatic heterocycles. The first kappa shape index (κ1) is 15.9. The van der Waals surface area contributed by atoms with Gasteiger partial charge in [0.2, 0.25) is 11.7 Å². The Morgan fingerprint density at radius 1 is 1.32 bits per heavy atom. The SMILES string of the molecule is O=C(c1nccs1)N1CCCC(c2nc(-c3ccc(F)cc3)no2)C1. The van der Waals surface area contributed by atoms with Gasteiger partial charge in [0.25, 0.3) is 5.91 Å². The number of benzene rings is 1. The van der Waals surface area contributed by atoms with Gasteiger partial charge in [-0.25, -0.2) is 9.37 Å². The van der Waals surface area contributed by atoms with E-state index < -0.39 is 0 Å². The highest BCUT2D eigenvalue weighted by Crippen LogP contribution is 2.28. The molecular formula is C17H15FN4O2S. The van der Waals surface area contributed by atoms with E-state index in [0.29, 0.717) is 35.4 Å². The van der Waals surface area contributed by atoms with Crippen molar-refractivity contribution in [2.45, 2.75) is 18.8 Å². The van der Waals surface area contributed by atoms with E-state index in [1.54, 1.807) is 28.6 Å². The molecule has 0 spiro atoms. The van der Waals surface area contributed by atoms with Gasteiger partial charge in [-0.15, -0.1) is 11.3 Å². The molecule has 1 saturated heterocycles. The van der Waals surface area contributed by atoms with E-state index in [1.165, 1.54) is 23.5 Å². The topological polar surface area (TPSA) is 72.1 Å². The second-order valence-corrected chi connectivity index (χ2v) is 6.79. The molecule has 6 nitrogen and oxygen atoms in total. The van der Waals surface area contributed by atoms with Crippen LogP contribution in [-0.4, -0.2) is 39.0 Å². The number of hydrogen-bond donors (Lipinski definition) is 0. The number of amides is 1. The highest BCUT2D eigenvalue weighted by Gasteiger charge is 2.30. The molecule has 0 N–H and O–H groups in total. The number of aromatic nitrogens is 3. The van der Waals surface area contributed by atoms with Crippen LogP contribution in [0.4, 0.5) is 4.39 Å². The monoisotopic (exact) mass is 358 g/mol. The highest BCUT2D eigenvalue weighted by molar-refractivity contribution is 7.11. The minimum Gasteiger partial charge on any atom is -0.339 e. The lowest BCUT2D eigenvalue weighted by atomic mass is 9.98. The highest BCUT2D eigenvalue weighted by atomic mass is 32.1. The molecule has 1 aliphatic heterocycles. The van der Waals surface area contributed by atoms with E-state index >= 15 is 0 Å². The fourth-order valence-electron chi connectivity index (χ4n) is 2.94. The minimum absolute atomic E-state index is 0.000592. The molecule has 128 valence electrons. The molecule has 1 amide bonds. The third-order valence-electron chi connectivity index (χ3n) is 4.22. The van der Waals surface area contributed by atoms with Gasteiger partial charge in [-0.2, -0.15) is 4.98 Å². The summed E-state index contributed by atoms with van der Waals surface area (Å²) in [6.07, 6.45) is 3.38. The van der Waals surface area contributed by atoms with Gasteiger partial charge in [-0.1, -0.05) is 5.16 Å². The van der Waals surface area contributed by atoms with Crippen LogP contribution < -0.4 is 0 Å². The zero-order valence-corrected chi connectivity index (χ0v) is 14.1. The largest absolute Gasteiger partial charge is 0.339 e. The summed E-state index contributed by atoms with van der Waals surface area (Å²) in [7, 11) is 0. The zero-order valence-electron chi connectivity index (χ0n) is 13.3. The van der Waals surface area contributed by atoms with Crippen molar-refractivity contribution in [2.24, 2.45) is 0 Å². The van der Waals surface area contributed by atoms with Crippen molar-refractivity contribution in [3.05, 3.63) is 52.6 Å². The van der Waals surface area contributed by atoms with Crippen LogP contribution in [0.5, 0.6) is 0 Å². The molecule has 1 fully saturated rings. The van der Waals surface area contributed by atoms with Crippen molar-refractivity contribution < 1.29 is 13.7 Å². The molecule has 0 bridgehead atoms. The van der Waals surface area contributed by atoms with Crippen LogP contribution in [0.3, 0.4) is 0 Å².